The Hall–Kier alpha value is -3.05. The highest BCUT2D eigenvalue weighted by Crippen LogP contribution is 2.20. The molecule has 1 heterocycles. The number of anilines is 1. The van der Waals surface area contributed by atoms with E-state index in [1.165, 1.54) is 6.07 Å². The Kier molecular flexibility index (Phi) is 5.85. The van der Waals surface area contributed by atoms with Crippen molar-refractivity contribution in [2.75, 3.05) is 5.32 Å². The molecule has 1 aromatic heterocycles. The minimum absolute atomic E-state index is 0.156. The Balaban J connectivity index is 2.13. The number of thiocarbonyl (C=S) groups is 1. The van der Waals surface area contributed by atoms with Gasteiger partial charge in [0.05, 0.1) is 5.69 Å². The third kappa shape index (κ3) is 4.26. The van der Waals surface area contributed by atoms with Crippen molar-refractivity contribution in [2.24, 2.45) is 0 Å². The number of pyridine rings is 1. The summed E-state index contributed by atoms with van der Waals surface area (Å²) in [6.07, 6.45) is 3.58. The largest absolute Gasteiger partial charge is 0.867 e. The van der Waals surface area contributed by atoms with Crippen LogP contribution >= 0.6 is 12.2 Å². The molecule has 0 saturated heterocycles. The molecular weight excluding hydrogens is 371 g/mol. The first-order valence-electron chi connectivity index (χ1n) is 8.90. The predicted molar refractivity (Wildman–Crippen MR) is 113 cm³/mol. The Bertz CT molecular complexity index is 1080. The van der Waals surface area contributed by atoms with Crippen molar-refractivity contribution in [1.29, 1.82) is 0 Å². The van der Waals surface area contributed by atoms with Gasteiger partial charge in [0, 0.05) is 11.6 Å². The molecule has 3 nitrogen and oxygen atoms in total. The van der Waals surface area contributed by atoms with Crippen molar-refractivity contribution in [3.63, 3.8) is 0 Å². The smallest absolute Gasteiger partial charge is 0.238 e. The second-order valence-electron chi connectivity index (χ2n) is 6.70. The molecule has 0 aliphatic rings. The fourth-order valence-corrected chi connectivity index (χ4v) is 3.14. The number of nitrogens with one attached hydrogen (secondary N) is 1. The normalized spacial score (nSPS) is 11.7. The first-order valence-corrected chi connectivity index (χ1v) is 9.30. The second-order valence-corrected chi connectivity index (χ2v) is 7.11. The maximum Gasteiger partial charge on any atom is 0.238 e. The van der Waals surface area contributed by atoms with Gasteiger partial charge in [-0.25, -0.2) is 4.39 Å². The summed E-state index contributed by atoms with van der Waals surface area (Å²) in [5.41, 5.74) is 4.13. The van der Waals surface area contributed by atoms with Crippen LogP contribution in [0, 0.1) is 26.6 Å². The molecule has 28 heavy (non-hydrogen) atoms. The summed E-state index contributed by atoms with van der Waals surface area (Å²) in [6, 6.07) is 15.6. The van der Waals surface area contributed by atoms with Crippen molar-refractivity contribution < 1.29 is 14.1 Å². The van der Waals surface area contributed by atoms with Gasteiger partial charge in [-0.1, -0.05) is 42.5 Å². The zero-order chi connectivity index (χ0) is 20.3. The lowest BCUT2D eigenvalue weighted by Gasteiger charge is -2.18. The van der Waals surface area contributed by atoms with Crippen LogP contribution in [0.3, 0.4) is 0 Å². The van der Waals surface area contributed by atoms with Crippen molar-refractivity contribution in [2.45, 2.75) is 20.8 Å². The number of nitrogens with zero attached hydrogens (tertiary/aromatic N) is 1. The Morgan fingerprint density at radius 1 is 1.00 bits per heavy atom. The SMILES string of the molecule is Cc1ccc[n+](C(C(=S)Nc2ccccc2F)=C([O-])c2ccc(C)c(C)c2)c1. The molecule has 0 aliphatic heterocycles. The van der Waals surface area contributed by atoms with Gasteiger partial charge in [0.2, 0.25) is 5.70 Å². The Morgan fingerprint density at radius 2 is 1.75 bits per heavy atom. The second kappa shape index (κ2) is 8.31. The van der Waals surface area contributed by atoms with Crippen LogP contribution in [0.15, 0.2) is 67.0 Å². The molecule has 0 saturated carbocycles. The first kappa shape index (κ1) is 19.7. The number of rotatable bonds is 4. The summed E-state index contributed by atoms with van der Waals surface area (Å²) in [5.74, 6) is -0.662. The molecular formula is C23H21FN2OS. The van der Waals surface area contributed by atoms with E-state index in [1.807, 2.05) is 51.2 Å². The van der Waals surface area contributed by atoms with E-state index in [0.717, 1.165) is 16.7 Å². The summed E-state index contributed by atoms with van der Waals surface area (Å²) in [5, 5.41) is 16.2. The summed E-state index contributed by atoms with van der Waals surface area (Å²) in [4.78, 5) is 0.156. The van der Waals surface area contributed by atoms with E-state index in [-0.39, 0.29) is 22.1 Å². The van der Waals surface area contributed by atoms with Crippen molar-refractivity contribution >= 4 is 34.3 Å². The summed E-state index contributed by atoms with van der Waals surface area (Å²) in [6.45, 7) is 5.89. The van der Waals surface area contributed by atoms with Crippen molar-refractivity contribution in [3.05, 3.63) is 95.1 Å². The van der Waals surface area contributed by atoms with Crippen LogP contribution in [-0.4, -0.2) is 4.99 Å². The van der Waals surface area contributed by atoms with Crippen molar-refractivity contribution in [3.8, 4) is 0 Å². The van der Waals surface area contributed by atoms with Gasteiger partial charge in [-0.05, 0) is 61.4 Å². The number of hydrogen-bond acceptors (Lipinski definition) is 2. The molecule has 5 heteroatoms. The lowest BCUT2D eigenvalue weighted by Crippen LogP contribution is -2.40. The van der Waals surface area contributed by atoms with E-state index >= 15 is 0 Å². The zero-order valence-corrected chi connectivity index (χ0v) is 16.8. The molecule has 0 amide bonds. The highest BCUT2D eigenvalue weighted by atomic mass is 32.1. The van der Waals surface area contributed by atoms with Gasteiger partial charge in [0.25, 0.3) is 0 Å². The van der Waals surface area contributed by atoms with E-state index in [9.17, 15) is 9.50 Å². The van der Waals surface area contributed by atoms with Gasteiger partial charge in [0.15, 0.2) is 17.4 Å². The number of aryl methyl sites for hydroxylation is 3. The molecule has 142 valence electrons. The number of hydrogen-bond donors (Lipinski definition) is 1. The fourth-order valence-electron chi connectivity index (χ4n) is 2.83. The molecule has 0 bridgehead atoms. The maximum absolute atomic E-state index is 14.1. The standard InChI is InChI=1S/C23H21FN2OS/c1-15-7-6-12-26(14-15)21(22(27)18-11-10-16(2)17(3)13-18)23(28)25-20-9-5-4-8-19(20)24/h4-14H,1-3H3,(H-,25,27,28). The highest BCUT2D eigenvalue weighted by Gasteiger charge is 2.20. The van der Waals surface area contributed by atoms with Crippen LogP contribution in [0.1, 0.15) is 22.3 Å². The van der Waals surface area contributed by atoms with Crippen LogP contribution in [0.5, 0.6) is 0 Å². The molecule has 0 atom stereocenters. The van der Waals surface area contributed by atoms with Crippen LogP contribution in [0.2, 0.25) is 0 Å². The molecule has 3 aromatic rings. The van der Waals surface area contributed by atoms with E-state index < -0.39 is 5.82 Å². The number of benzene rings is 2. The third-order valence-corrected chi connectivity index (χ3v) is 4.82. The zero-order valence-electron chi connectivity index (χ0n) is 16.0. The van der Waals surface area contributed by atoms with Gasteiger partial charge >= 0.3 is 0 Å². The Morgan fingerprint density at radius 3 is 2.43 bits per heavy atom. The van der Waals surface area contributed by atoms with Crippen molar-refractivity contribution in [1.82, 2.24) is 0 Å². The molecule has 0 unspecified atom stereocenters. The number of aromatic nitrogens is 1. The summed E-state index contributed by atoms with van der Waals surface area (Å²) >= 11 is 5.52. The molecule has 2 aromatic carbocycles. The molecule has 0 fully saturated rings. The van der Waals surface area contributed by atoms with Gasteiger partial charge in [0.1, 0.15) is 5.82 Å². The van der Waals surface area contributed by atoms with Gasteiger partial charge in [-0.3, -0.25) is 0 Å². The fraction of sp³-hybridized carbons (Fsp3) is 0.130. The summed E-state index contributed by atoms with van der Waals surface area (Å²) < 4.78 is 15.8. The van der Waals surface area contributed by atoms with Gasteiger partial charge in [-0.15, -0.1) is 0 Å². The molecule has 0 radical (unpaired) electrons. The van der Waals surface area contributed by atoms with Gasteiger partial charge in [-0.2, -0.15) is 4.57 Å². The van der Waals surface area contributed by atoms with E-state index in [4.69, 9.17) is 12.2 Å². The molecule has 0 spiro atoms. The average Bonchev–Trinajstić information content (AvgIpc) is 2.66. The molecule has 1 N–H and O–H groups in total. The highest BCUT2D eigenvalue weighted by molar-refractivity contribution is 7.81. The first-order chi connectivity index (χ1) is 13.4. The van der Waals surface area contributed by atoms with E-state index in [0.29, 0.717) is 5.56 Å². The molecule has 0 aliphatic carbocycles. The van der Waals surface area contributed by atoms with E-state index in [1.54, 1.807) is 35.0 Å². The quantitative estimate of drug-likeness (QED) is 0.314. The average molecular weight is 392 g/mol. The van der Waals surface area contributed by atoms with Crippen LogP contribution in [0.4, 0.5) is 10.1 Å². The maximum atomic E-state index is 14.1. The monoisotopic (exact) mass is 392 g/mol. The minimum Gasteiger partial charge on any atom is -0.867 e. The third-order valence-electron chi connectivity index (χ3n) is 4.53. The van der Waals surface area contributed by atoms with Crippen LogP contribution in [0.25, 0.3) is 11.5 Å². The lowest BCUT2D eigenvalue weighted by molar-refractivity contribution is -0.578. The lowest BCUT2D eigenvalue weighted by atomic mass is 10.0. The van der Waals surface area contributed by atoms with Gasteiger partial charge < -0.3 is 10.4 Å². The summed E-state index contributed by atoms with van der Waals surface area (Å²) in [7, 11) is 0. The van der Waals surface area contributed by atoms with Crippen LogP contribution in [-0.2, 0) is 0 Å². The Labute approximate surface area is 169 Å². The number of para-hydroxylation sites is 1. The molecule has 3 rings (SSSR count). The number of halogens is 1. The van der Waals surface area contributed by atoms with E-state index in [2.05, 4.69) is 5.32 Å². The van der Waals surface area contributed by atoms with Crippen LogP contribution < -0.4 is 15.0 Å². The topological polar surface area (TPSA) is 39.0 Å². The predicted octanol–water partition coefficient (Wildman–Crippen LogP) is 4.16. The minimum atomic E-state index is -0.433.